The third kappa shape index (κ3) is 6.07. The Bertz CT molecular complexity index is 1280. The van der Waals surface area contributed by atoms with E-state index in [-0.39, 0.29) is 31.1 Å². The summed E-state index contributed by atoms with van der Waals surface area (Å²) in [5.74, 6) is -3.71. The highest BCUT2D eigenvalue weighted by Gasteiger charge is 2.42. The number of sulfonamides is 1. The number of nitriles is 1. The third-order valence-corrected chi connectivity index (χ3v) is 6.40. The fraction of sp³-hybridized carbons (Fsp3) is 0.364. The molecule has 1 aliphatic heterocycles. The number of nitrogens with zero attached hydrogens (tertiary/aromatic N) is 3. The van der Waals surface area contributed by atoms with E-state index in [4.69, 9.17) is 0 Å². The van der Waals surface area contributed by atoms with Crippen molar-refractivity contribution >= 4 is 27.7 Å². The first-order valence-corrected chi connectivity index (χ1v) is 12.0. The van der Waals surface area contributed by atoms with Crippen molar-refractivity contribution in [1.29, 1.82) is 5.26 Å². The molecule has 35 heavy (non-hydrogen) atoms. The molecule has 1 amide bonds. The quantitative estimate of drug-likeness (QED) is 0.563. The van der Waals surface area contributed by atoms with Gasteiger partial charge >= 0.3 is 12.1 Å². The normalized spacial score (nSPS) is 14.1. The Labute approximate surface area is 199 Å². The zero-order valence-electron chi connectivity index (χ0n) is 18.7. The van der Waals surface area contributed by atoms with E-state index in [1.165, 1.54) is 11.8 Å². The number of aryl methyl sites for hydroxylation is 1. The number of rotatable bonds is 7. The minimum atomic E-state index is -5.00. The van der Waals surface area contributed by atoms with Gasteiger partial charge in [0.25, 0.3) is 0 Å². The highest BCUT2D eigenvalue weighted by atomic mass is 32.2. The topological polar surface area (TPSA) is 129 Å². The second-order valence-corrected chi connectivity index (χ2v) is 9.62. The van der Waals surface area contributed by atoms with Crippen molar-refractivity contribution < 1.29 is 35.9 Å². The lowest BCUT2D eigenvalue weighted by Gasteiger charge is -2.39. The third-order valence-electron chi connectivity index (χ3n) is 5.17. The van der Waals surface area contributed by atoms with Gasteiger partial charge in [0, 0.05) is 13.1 Å². The van der Waals surface area contributed by atoms with Gasteiger partial charge in [-0.25, -0.2) is 18.2 Å². The molecule has 0 radical (unpaired) electrons. The lowest BCUT2D eigenvalue weighted by Crippen LogP contribution is -2.55. The van der Waals surface area contributed by atoms with Gasteiger partial charge in [-0.15, -0.1) is 0 Å². The SMILES string of the molecule is CCOC(=O)c1cc(C#N)c(N2CC(C(=O)NS(=O)(=O)Cc3ccc(C)cc3)C2)nc1C(F)(F)F. The van der Waals surface area contributed by atoms with Crippen LogP contribution in [0.25, 0.3) is 0 Å². The van der Waals surface area contributed by atoms with Crippen molar-refractivity contribution in [2.45, 2.75) is 25.8 Å². The molecule has 186 valence electrons. The number of aromatic nitrogens is 1. The predicted octanol–water partition coefficient (Wildman–Crippen LogP) is 2.54. The van der Waals surface area contributed by atoms with Gasteiger partial charge in [0.1, 0.15) is 11.9 Å². The lowest BCUT2D eigenvalue weighted by molar-refractivity contribution is -0.141. The molecule has 9 nitrogen and oxygen atoms in total. The van der Waals surface area contributed by atoms with Crippen LogP contribution in [0.1, 0.15) is 39.7 Å². The molecular weight excluding hydrogens is 489 g/mol. The van der Waals surface area contributed by atoms with Crippen LogP contribution >= 0.6 is 0 Å². The molecule has 1 N–H and O–H groups in total. The fourth-order valence-electron chi connectivity index (χ4n) is 3.40. The zero-order valence-corrected chi connectivity index (χ0v) is 19.5. The lowest BCUT2D eigenvalue weighted by atomic mass is 9.98. The van der Waals surface area contributed by atoms with Gasteiger partial charge in [-0.2, -0.15) is 18.4 Å². The number of alkyl halides is 3. The first-order chi connectivity index (χ1) is 16.3. The Kier molecular flexibility index (Phi) is 7.35. The molecule has 2 heterocycles. The van der Waals surface area contributed by atoms with Crippen molar-refractivity contribution in [2.24, 2.45) is 5.92 Å². The average Bonchev–Trinajstić information content (AvgIpc) is 2.72. The minimum absolute atomic E-state index is 0.163. The minimum Gasteiger partial charge on any atom is -0.462 e. The molecule has 0 saturated carbocycles. The number of nitrogens with one attached hydrogen (secondary N) is 1. The van der Waals surface area contributed by atoms with Crippen molar-refractivity contribution in [3.63, 3.8) is 0 Å². The molecule has 0 atom stereocenters. The molecule has 0 spiro atoms. The maximum atomic E-state index is 13.5. The first-order valence-electron chi connectivity index (χ1n) is 10.4. The molecule has 0 bridgehead atoms. The largest absolute Gasteiger partial charge is 0.462 e. The number of esters is 1. The summed E-state index contributed by atoms with van der Waals surface area (Å²) in [5, 5.41) is 9.39. The Morgan fingerprint density at radius 1 is 1.26 bits per heavy atom. The molecule has 1 aromatic heterocycles. The molecule has 1 aliphatic rings. The molecule has 3 rings (SSSR count). The second kappa shape index (κ2) is 9.91. The number of carbonyl (C=O) groups is 2. The van der Waals surface area contributed by atoms with Crippen molar-refractivity contribution in [3.05, 3.63) is 58.3 Å². The van der Waals surface area contributed by atoms with Crippen LogP contribution in [0.4, 0.5) is 19.0 Å². The number of pyridine rings is 1. The monoisotopic (exact) mass is 510 g/mol. The van der Waals surface area contributed by atoms with Crippen LogP contribution in [-0.2, 0) is 31.5 Å². The number of benzene rings is 1. The molecule has 13 heteroatoms. The fourth-order valence-corrected chi connectivity index (χ4v) is 4.58. The van der Waals surface area contributed by atoms with Crippen LogP contribution in [0.15, 0.2) is 30.3 Å². The van der Waals surface area contributed by atoms with Crippen molar-refractivity contribution in [2.75, 3.05) is 24.6 Å². The number of hydrogen-bond acceptors (Lipinski definition) is 8. The maximum absolute atomic E-state index is 13.5. The van der Waals surface area contributed by atoms with Gasteiger partial charge in [-0.3, -0.25) is 9.52 Å². The summed E-state index contributed by atoms with van der Waals surface area (Å²) in [5.41, 5.74) is -1.29. The highest BCUT2D eigenvalue weighted by Crippen LogP contribution is 2.35. The maximum Gasteiger partial charge on any atom is 0.434 e. The number of anilines is 1. The molecular formula is C22H21F3N4O5S. The molecule has 1 aromatic carbocycles. The highest BCUT2D eigenvalue weighted by molar-refractivity contribution is 7.89. The number of amides is 1. The predicted molar refractivity (Wildman–Crippen MR) is 118 cm³/mol. The number of ether oxygens (including phenoxy) is 1. The average molecular weight is 510 g/mol. The Balaban J connectivity index is 1.74. The molecule has 0 aliphatic carbocycles. The van der Waals surface area contributed by atoms with Crippen molar-refractivity contribution in [3.8, 4) is 6.07 Å². The smallest absolute Gasteiger partial charge is 0.434 e. The molecule has 2 aromatic rings. The van der Waals surface area contributed by atoms with Gasteiger partial charge < -0.3 is 9.64 Å². The summed E-state index contributed by atoms with van der Waals surface area (Å²) in [4.78, 5) is 29.1. The van der Waals surface area contributed by atoms with Gasteiger partial charge in [0.05, 0.1) is 29.4 Å². The van der Waals surface area contributed by atoms with Gasteiger partial charge in [-0.1, -0.05) is 29.8 Å². The Hall–Kier alpha value is -3.66. The van der Waals surface area contributed by atoms with Crippen LogP contribution in [0.3, 0.4) is 0 Å². The van der Waals surface area contributed by atoms with Gasteiger partial charge in [-0.05, 0) is 25.5 Å². The summed E-state index contributed by atoms with van der Waals surface area (Å²) in [7, 11) is -4.00. The first kappa shape index (κ1) is 26.0. The van der Waals surface area contributed by atoms with E-state index in [9.17, 15) is 36.4 Å². The van der Waals surface area contributed by atoms with Crippen molar-refractivity contribution in [1.82, 2.24) is 9.71 Å². The Morgan fingerprint density at radius 2 is 1.89 bits per heavy atom. The summed E-state index contributed by atoms with van der Waals surface area (Å²) in [6.45, 7) is 2.77. The van der Waals surface area contributed by atoms with E-state index >= 15 is 0 Å². The molecule has 0 unspecified atom stereocenters. The zero-order chi connectivity index (χ0) is 26.0. The van der Waals surface area contributed by atoms with Gasteiger partial charge in [0.2, 0.25) is 15.9 Å². The van der Waals surface area contributed by atoms with E-state index in [1.807, 2.05) is 11.6 Å². The van der Waals surface area contributed by atoms with E-state index < -0.39 is 51.0 Å². The summed E-state index contributed by atoms with van der Waals surface area (Å²) < 4.78 is 71.9. The number of carbonyl (C=O) groups excluding carboxylic acids is 2. The number of hydrogen-bond donors (Lipinski definition) is 1. The summed E-state index contributed by atoms with van der Waals surface area (Å²) >= 11 is 0. The van der Waals surface area contributed by atoms with E-state index in [2.05, 4.69) is 9.72 Å². The molecule has 1 saturated heterocycles. The number of halogens is 3. The van der Waals surface area contributed by atoms with Crippen LogP contribution in [0.5, 0.6) is 0 Å². The van der Waals surface area contributed by atoms with E-state index in [0.717, 1.165) is 11.6 Å². The second-order valence-electron chi connectivity index (χ2n) is 7.90. The van der Waals surface area contributed by atoms with Crippen LogP contribution in [0.2, 0.25) is 0 Å². The van der Waals surface area contributed by atoms with Gasteiger partial charge in [0.15, 0.2) is 5.69 Å². The van der Waals surface area contributed by atoms with Crippen LogP contribution in [0, 0.1) is 24.2 Å². The van der Waals surface area contributed by atoms with Crippen LogP contribution in [-0.4, -0.2) is 45.0 Å². The van der Waals surface area contributed by atoms with E-state index in [0.29, 0.717) is 5.56 Å². The van der Waals surface area contributed by atoms with Crippen LogP contribution < -0.4 is 9.62 Å². The summed E-state index contributed by atoms with van der Waals surface area (Å²) in [6.07, 6.45) is -5.00. The summed E-state index contributed by atoms with van der Waals surface area (Å²) in [6, 6.07) is 9.17. The standard InChI is InChI=1S/C22H21F3N4O5S/c1-3-34-21(31)17-8-15(9-26)19(27-18(17)22(23,24)25)29-10-16(11-29)20(30)28-35(32,33)12-14-6-4-13(2)5-7-14/h4-8,16H,3,10-12H2,1-2H3,(H,28,30). The van der Waals surface area contributed by atoms with E-state index in [1.54, 1.807) is 30.3 Å². The molecule has 1 fully saturated rings. The Morgan fingerprint density at radius 3 is 2.43 bits per heavy atom.